The van der Waals surface area contributed by atoms with E-state index >= 15 is 0 Å². The van der Waals surface area contributed by atoms with Crippen molar-refractivity contribution in [3.8, 4) is 0 Å². The third-order valence-corrected chi connectivity index (χ3v) is 4.60. The Balaban J connectivity index is 2.94. The number of benzene rings is 1. The molecule has 2 nitrogen and oxygen atoms in total. The zero-order chi connectivity index (χ0) is 12.2. The number of hydrogen-bond acceptors (Lipinski definition) is 2. The molecule has 0 saturated heterocycles. The van der Waals surface area contributed by atoms with Gasteiger partial charge < -0.3 is 0 Å². The fraction of sp³-hybridized carbons (Fsp3) is 0.333. The number of aryl methyl sites for hydroxylation is 1. The second-order valence-corrected chi connectivity index (χ2v) is 6.62. The SMILES string of the molecule is CCC(Br)/C=C/S(=O)(=O)c1ccc(C)cc1. The van der Waals surface area contributed by atoms with E-state index < -0.39 is 9.84 Å². The van der Waals surface area contributed by atoms with Gasteiger partial charge in [-0.05, 0) is 25.5 Å². The summed E-state index contributed by atoms with van der Waals surface area (Å²) in [6, 6.07) is 6.85. The first-order chi connectivity index (χ1) is 7.45. The van der Waals surface area contributed by atoms with Gasteiger partial charge in [0.2, 0.25) is 0 Å². The Morgan fingerprint density at radius 3 is 2.38 bits per heavy atom. The van der Waals surface area contributed by atoms with Crippen LogP contribution >= 0.6 is 15.9 Å². The zero-order valence-corrected chi connectivity index (χ0v) is 11.8. The minimum absolute atomic E-state index is 0.104. The molecule has 1 unspecified atom stereocenters. The molecule has 1 atom stereocenters. The monoisotopic (exact) mass is 302 g/mol. The van der Waals surface area contributed by atoms with Crippen molar-refractivity contribution in [1.82, 2.24) is 0 Å². The second kappa shape index (κ2) is 5.64. The van der Waals surface area contributed by atoms with Crippen LogP contribution in [0.3, 0.4) is 0 Å². The summed E-state index contributed by atoms with van der Waals surface area (Å²) in [5, 5.41) is 1.26. The number of halogens is 1. The first-order valence-electron chi connectivity index (χ1n) is 5.09. The van der Waals surface area contributed by atoms with Crippen LogP contribution in [0.4, 0.5) is 0 Å². The summed E-state index contributed by atoms with van der Waals surface area (Å²) in [5.74, 6) is 0. The lowest BCUT2D eigenvalue weighted by molar-refractivity contribution is 0.604. The van der Waals surface area contributed by atoms with Crippen LogP contribution in [0, 0.1) is 6.92 Å². The van der Waals surface area contributed by atoms with Gasteiger partial charge in [0.05, 0.1) is 4.90 Å². The summed E-state index contributed by atoms with van der Waals surface area (Å²) in [6.07, 6.45) is 2.52. The Labute approximate surface area is 105 Å². The van der Waals surface area contributed by atoms with Gasteiger partial charge in [-0.3, -0.25) is 0 Å². The second-order valence-electron chi connectivity index (χ2n) is 3.61. The van der Waals surface area contributed by atoms with Gasteiger partial charge in [0.1, 0.15) is 0 Å². The summed E-state index contributed by atoms with van der Waals surface area (Å²) in [4.78, 5) is 0.442. The highest BCUT2D eigenvalue weighted by atomic mass is 79.9. The van der Waals surface area contributed by atoms with Gasteiger partial charge in [-0.1, -0.05) is 46.6 Å². The van der Waals surface area contributed by atoms with E-state index in [1.54, 1.807) is 30.3 Å². The summed E-state index contributed by atoms with van der Waals surface area (Å²) >= 11 is 3.36. The summed E-state index contributed by atoms with van der Waals surface area (Å²) < 4.78 is 23.7. The molecule has 1 aromatic carbocycles. The van der Waals surface area contributed by atoms with Crippen molar-refractivity contribution in [2.75, 3.05) is 0 Å². The molecule has 0 saturated carbocycles. The molecule has 0 aliphatic carbocycles. The van der Waals surface area contributed by atoms with Crippen molar-refractivity contribution in [3.05, 3.63) is 41.3 Å². The van der Waals surface area contributed by atoms with Crippen LogP contribution in [0.25, 0.3) is 0 Å². The predicted molar refractivity (Wildman–Crippen MR) is 70.5 cm³/mol. The highest BCUT2D eigenvalue weighted by Gasteiger charge is 2.09. The van der Waals surface area contributed by atoms with Crippen molar-refractivity contribution in [2.24, 2.45) is 0 Å². The average molecular weight is 303 g/mol. The summed E-state index contributed by atoms with van der Waals surface area (Å²) in [7, 11) is -3.29. The lowest BCUT2D eigenvalue weighted by atomic mass is 10.2. The first kappa shape index (κ1) is 13.5. The Morgan fingerprint density at radius 2 is 1.88 bits per heavy atom. The molecule has 0 heterocycles. The molecule has 1 aromatic rings. The van der Waals surface area contributed by atoms with Gasteiger partial charge in [-0.15, -0.1) is 0 Å². The number of sulfone groups is 1. The maximum Gasteiger partial charge on any atom is 0.199 e. The van der Waals surface area contributed by atoms with E-state index in [0.717, 1.165) is 12.0 Å². The number of hydrogen-bond donors (Lipinski definition) is 0. The largest absolute Gasteiger partial charge is 0.219 e. The zero-order valence-electron chi connectivity index (χ0n) is 9.35. The fourth-order valence-electron chi connectivity index (χ4n) is 1.13. The van der Waals surface area contributed by atoms with Crippen molar-refractivity contribution >= 4 is 25.8 Å². The molecule has 0 aliphatic heterocycles. The fourth-order valence-corrected chi connectivity index (χ4v) is 2.56. The van der Waals surface area contributed by atoms with Crippen LogP contribution in [0.1, 0.15) is 18.9 Å². The molecule has 4 heteroatoms. The number of alkyl halides is 1. The number of rotatable bonds is 4. The van der Waals surface area contributed by atoms with Crippen LogP contribution in [0.5, 0.6) is 0 Å². The maximum atomic E-state index is 11.9. The van der Waals surface area contributed by atoms with Gasteiger partial charge in [0, 0.05) is 10.2 Å². The molecule has 0 amide bonds. The quantitative estimate of drug-likeness (QED) is 0.798. The smallest absolute Gasteiger partial charge is 0.199 e. The average Bonchev–Trinajstić information content (AvgIpc) is 2.26. The van der Waals surface area contributed by atoms with Gasteiger partial charge in [0.15, 0.2) is 9.84 Å². The molecule has 1 rings (SSSR count). The Morgan fingerprint density at radius 1 is 1.31 bits per heavy atom. The maximum absolute atomic E-state index is 11.9. The van der Waals surface area contributed by atoms with Gasteiger partial charge in [0.25, 0.3) is 0 Å². The Hall–Kier alpha value is -0.610. The van der Waals surface area contributed by atoms with Gasteiger partial charge in [-0.2, -0.15) is 0 Å². The molecular formula is C12H15BrO2S. The lowest BCUT2D eigenvalue weighted by Crippen LogP contribution is -1.98. The topological polar surface area (TPSA) is 34.1 Å². The highest BCUT2D eigenvalue weighted by Crippen LogP contribution is 2.15. The van der Waals surface area contributed by atoms with E-state index in [4.69, 9.17) is 0 Å². The van der Waals surface area contributed by atoms with Crippen molar-refractivity contribution in [1.29, 1.82) is 0 Å². The van der Waals surface area contributed by atoms with Crippen LogP contribution in [-0.4, -0.2) is 13.2 Å². The lowest BCUT2D eigenvalue weighted by Gasteiger charge is -2.01. The van der Waals surface area contributed by atoms with Crippen LogP contribution < -0.4 is 0 Å². The van der Waals surface area contributed by atoms with E-state index in [1.807, 2.05) is 13.8 Å². The normalized spacial score (nSPS) is 14.2. The molecule has 0 aromatic heterocycles. The number of allylic oxidation sites excluding steroid dienone is 1. The van der Waals surface area contributed by atoms with E-state index in [-0.39, 0.29) is 4.83 Å². The molecule has 0 bridgehead atoms. The van der Waals surface area contributed by atoms with Crippen LogP contribution in [0.15, 0.2) is 40.6 Å². The Bertz CT molecular complexity index is 460. The predicted octanol–water partition coefficient (Wildman–Crippen LogP) is 3.46. The minimum Gasteiger partial charge on any atom is -0.219 e. The summed E-state index contributed by atoms with van der Waals surface area (Å²) in [5.41, 5.74) is 1.05. The molecule has 0 fully saturated rings. The molecule has 0 radical (unpaired) electrons. The molecule has 0 aliphatic rings. The van der Waals surface area contributed by atoms with Crippen LogP contribution in [0.2, 0.25) is 0 Å². The van der Waals surface area contributed by atoms with Gasteiger partial charge in [-0.25, -0.2) is 8.42 Å². The molecule has 88 valence electrons. The van der Waals surface area contributed by atoms with E-state index in [1.165, 1.54) is 5.41 Å². The molecule has 0 spiro atoms. The van der Waals surface area contributed by atoms with Crippen molar-refractivity contribution in [3.63, 3.8) is 0 Å². The van der Waals surface area contributed by atoms with E-state index in [9.17, 15) is 8.42 Å². The van der Waals surface area contributed by atoms with Crippen LogP contribution in [-0.2, 0) is 9.84 Å². The third kappa shape index (κ3) is 3.76. The van der Waals surface area contributed by atoms with E-state index in [2.05, 4.69) is 15.9 Å². The highest BCUT2D eigenvalue weighted by molar-refractivity contribution is 9.09. The molecule has 0 N–H and O–H groups in total. The molecule has 16 heavy (non-hydrogen) atoms. The Kier molecular flexibility index (Phi) is 4.74. The first-order valence-corrected chi connectivity index (χ1v) is 7.56. The minimum atomic E-state index is -3.29. The third-order valence-electron chi connectivity index (χ3n) is 2.21. The van der Waals surface area contributed by atoms with Crippen molar-refractivity contribution < 1.29 is 8.42 Å². The summed E-state index contributed by atoms with van der Waals surface area (Å²) in [6.45, 7) is 3.92. The molecular weight excluding hydrogens is 288 g/mol. The van der Waals surface area contributed by atoms with Gasteiger partial charge >= 0.3 is 0 Å². The van der Waals surface area contributed by atoms with Crippen molar-refractivity contribution in [2.45, 2.75) is 30.0 Å². The van der Waals surface area contributed by atoms with E-state index in [0.29, 0.717) is 4.90 Å². The standard InChI is InChI=1S/C12H15BrO2S/c1-3-11(13)8-9-16(14,15)12-6-4-10(2)5-7-12/h4-9,11H,3H2,1-2H3/b9-8+.